The first-order chi connectivity index (χ1) is 8.18. The van der Waals surface area contributed by atoms with Gasteiger partial charge < -0.3 is 9.84 Å². The summed E-state index contributed by atoms with van der Waals surface area (Å²) in [5, 5.41) is 9.98. The van der Waals surface area contributed by atoms with Gasteiger partial charge in [-0.2, -0.15) is 13.2 Å². The minimum atomic E-state index is -4.79. The summed E-state index contributed by atoms with van der Waals surface area (Å²) in [7, 11) is 0. The molecule has 18 heavy (non-hydrogen) atoms. The van der Waals surface area contributed by atoms with Crippen molar-refractivity contribution in [2.24, 2.45) is 0 Å². The standard InChI is InChI=1S/C12H14F4O2/c1-3-18-7-11(2,17)8-4-5-10(13)9(6-8)12(14,15)16/h4-6,17H,3,7H2,1-2H3. The largest absolute Gasteiger partial charge is 0.419 e. The molecule has 0 aliphatic heterocycles. The van der Waals surface area contributed by atoms with E-state index < -0.39 is 23.2 Å². The van der Waals surface area contributed by atoms with Crippen LogP contribution in [0.4, 0.5) is 17.6 Å². The van der Waals surface area contributed by atoms with Gasteiger partial charge in [0.2, 0.25) is 0 Å². The van der Waals surface area contributed by atoms with Gasteiger partial charge in [0, 0.05) is 6.61 Å². The Morgan fingerprint density at radius 1 is 1.28 bits per heavy atom. The zero-order valence-corrected chi connectivity index (χ0v) is 10.0. The summed E-state index contributed by atoms with van der Waals surface area (Å²) in [6, 6.07) is 2.41. The Morgan fingerprint density at radius 2 is 1.89 bits per heavy atom. The van der Waals surface area contributed by atoms with Crippen molar-refractivity contribution in [2.45, 2.75) is 25.6 Å². The predicted octanol–water partition coefficient (Wildman–Crippen LogP) is 3.09. The third-order valence-corrected chi connectivity index (χ3v) is 2.48. The number of alkyl halides is 3. The number of hydrogen-bond donors (Lipinski definition) is 1. The summed E-state index contributed by atoms with van der Waals surface area (Å²) in [6.07, 6.45) is -4.79. The predicted molar refractivity (Wildman–Crippen MR) is 57.5 cm³/mol. The molecule has 0 aliphatic carbocycles. The van der Waals surface area contributed by atoms with Crippen LogP contribution in [0.25, 0.3) is 0 Å². The van der Waals surface area contributed by atoms with Crippen molar-refractivity contribution < 1.29 is 27.4 Å². The van der Waals surface area contributed by atoms with Gasteiger partial charge in [0.25, 0.3) is 0 Å². The molecule has 0 saturated carbocycles. The molecule has 102 valence electrons. The molecule has 1 unspecified atom stereocenters. The molecule has 0 aromatic heterocycles. The van der Waals surface area contributed by atoms with E-state index in [-0.39, 0.29) is 12.2 Å². The Labute approximate surface area is 102 Å². The van der Waals surface area contributed by atoms with Gasteiger partial charge in [0.15, 0.2) is 0 Å². The highest BCUT2D eigenvalue weighted by atomic mass is 19.4. The van der Waals surface area contributed by atoms with Crippen LogP contribution in [-0.4, -0.2) is 18.3 Å². The van der Waals surface area contributed by atoms with Gasteiger partial charge in [-0.1, -0.05) is 6.07 Å². The van der Waals surface area contributed by atoms with Gasteiger partial charge in [0.05, 0.1) is 12.2 Å². The molecule has 1 rings (SSSR count). The monoisotopic (exact) mass is 266 g/mol. The van der Waals surface area contributed by atoms with E-state index in [0.29, 0.717) is 18.7 Å². The Kier molecular flexibility index (Phi) is 4.34. The van der Waals surface area contributed by atoms with E-state index in [1.807, 2.05) is 0 Å². The Bertz CT molecular complexity index is 413. The highest BCUT2D eigenvalue weighted by Crippen LogP contribution is 2.34. The highest BCUT2D eigenvalue weighted by molar-refractivity contribution is 5.31. The second-order valence-corrected chi connectivity index (χ2v) is 4.10. The number of aliphatic hydroxyl groups is 1. The van der Waals surface area contributed by atoms with Gasteiger partial charge in [-0.25, -0.2) is 4.39 Å². The number of benzene rings is 1. The summed E-state index contributed by atoms with van der Waals surface area (Å²) < 4.78 is 55.6. The van der Waals surface area contributed by atoms with E-state index in [4.69, 9.17) is 4.74 Å². The lowest BCUT2D eigenvalue weighted by Crippen LogP contribution is -2.28. The summed E-state index contributed by atoms with van der Waals surface area (Å²) in [5.74, 6) is -1.36. The normalized spacial score (nSPS) is 15.5. The third-order valence-electron chi connectivity index (χ3n) is 2.48. The minimum Gasteiger partial charge on any atom is -0.383 e. The molecular formula is C12H14F4O2. The van der Waals surface area contributed by atoms with Crippen LogP contribution in [0.2, 0.25) is 0 Å². The van der Waals surface area contributed by atoms with E-state index in [2.05, 4.69) is 0 Å². The van der Waals surface area contributed by atoms with Gasteiger partial charge in [-0.15, -0.1) is 0 Å². The van der Waals surface area contributed by atoms with Crippen LogP contribution in [0.15, 0.2) is 18.2 Å². The molecule has 0 saturated heterocycles. The lowest BCUT2D eigenvalue weighted by atomic mass is 9.95. The molecule has 1 N–H and O–H groups in total. The zero-order valence-electron chi connectivity index (χ0n) is 10.0. The van der Waals surface area contributed by atoms with Crippen LogP contribution in [0.5, 0.6) is 0 Å². The molecule has 0 heterocycles. The summed E-state index contributed by atoms with van der Waals surface area (Å²) in [5.41, 5.74) is -3.02. The molecule has 6 heteroatoms. The van der Waals surface area contributed by atoms with Crippen LogP contribution >= 0.6 is 0 Å². The lowest BCUT2D eigenvalue weighted by Gasteiger charge is -2.24. The topological polar surface area (TPSA) is 29.5 Å². The maximum atomic E-state index is 13.1. The average molecular weight is 266 g/mol. The van der Waals surface area contributed by atoms with Crippen molar-refractivity contribution in [3.63, 3.8) is 0 Å². The van der Waals surface area contributed by atoms with Crippen LogP contribution in [0, 0.1) is 5.82 Å². The van der Waals surface area contributed by atoms with E-state index in [1.54, 1.807) is 6.92 Å². The SMILES string of the molecule is CCOCC(C)(O)c1ccc(F)c(C(F)(F)F)c1. The second-order valence-electron chi connectivity index (χ2n) is 4.10. The zero-order chi connectivity index (χ0) is 14.0. The van der Waals surface area contributed by atoms with Crippen molar-refractivity contribution in [3.05, 3.63) is 35.1 Å². The van der Waals surface area contributed by atoms with E-state index in [9.17, 15) is 22.7 Å². The summed E-state index contributed by atoms with van der Waals surface area (Å²) in [6.45, 7) is 3.17. The van der Waals surface area contributed by atoms with Crippen molar-refractivity contribution in [2.75, 3.05) is 13.2 Å². The first-order valence-electron chi connectivity index (χ1n) is 5.36. The van der Waals surface area contributed by atoms with Crippen LogP contribution in [0.3, 0.4) is 0 Å². The second kappa shape index (κ2) is 5.24. The number of halogens is 4. The van der Waals surface area contributed by atoms with Crippen molar-refractivity contribution in [1.29, 1.82) is 0 Å². The van der Waals surface area contributed by atoms with E-state index in [1.165, 1.54) is 6.92 Å². The van der Waals surface area contributed by atoms with Gasteiger partial charge in [-0.3, -0.25) is 0 Å². The van der Waals surface area contributed by atoms with Gasteiger partial charge in [-0.05, 0) is 31.5 Å². The molecule has 2 nitrogen and oxygen atoms in total. The number of hydrogen-bond acceptors (Lipinski definition) is 2. The van der Waals surface area contributed by atoms with Crippen LogP contribution < -0.4 is 0 Å². The fraction of sp³-hybridized carbons (Fsp3) is 0.500. The fourth-order valence-electron chi connectivity index (χ4n) is 1.46. The first-order valence-corrected chi connectivity index (χ1v) is 5.36. The maximum Gasteiger partial charge on any atom is 0.419 e. The van der Waals surface area contributed by atoms with E-state index in [0.717, 1.165) is 6.07 Å². The molecule has 1 aromatic rings. The molecule has 1 aromatic carbocycles. The van der Waals surface area contributed by atoms with Crippen molar-refractivity contribution >= 4 is 0 Å². The quantitative estimate of drug-likeness (QED) is 0.849. The minimum absolute atomic E-state index is 0.0373. The average Bonchev–Trinajstić information content (AvgIpc) is 2.25. The summed E-state index contributed by atoms with van der Waals surface area (Å²) in [4.78, 5) is 0. The van der Waals surface area contributed by atoms with Gasteiger partial charge >= 0.3 is 6.18 Å². The Morgan fingerprint density at radius 3 is 2.39 bits per heavy atom. The number of rotatable bonds is 4. The molecule has 1 atom stereocenters. The summed E-state index contributed by atoms with van der Waals surface area (Å²) >= 11 is 0. The maximum absolute atomic E-state index is 13.1. The van der Waals surface area contributed by atoms with Crippen LogP contribution in [-0.2, 0) is 16.5 Å². The molecule has 0 fully saturated rings. The number of ether oxygens (including phenoxy) is 1. The molecular weight excluding hydrogens is 252 g/mol. The molecule has 0 aliphatic rings. The Balaban J connectivity index is 3.12. The highest BCUT2D eigenvalue weighted by Gasteiger charge is 2.36. The molecule has 0 spiro atoms. The smallest absolute Gasteiger partial charge is 0.383 e. The third kappa shape index (κ3) is 3.43. The van der Waals surface area contributed by atoms with Gasteiger partial charge in [0.1, 0.15) is 11.4 Å². The lowest BCUT2D eigenvalue weighted by molar-refractivity contribution is -0.140. The first kappa shape index (κ1) is 14.9. The van der Waals surface area contributed by atoms with E-state index >= 15 is 0 Å². The van der Waals surface area contributed by atoms with Crippen molar-refractivity contribution in [1.82, 2.24) is 0 Å². The fourth-order valence-corrected chi connectivity index (χ4v) is 1.46. The molecule has 0 bridgehead atoms. The van der Waals surface area contributed by atoms with Crippen molar-refractivity contribution in [3.8, 4) is 0 Å². The Hall–Kier alpha value is -1.14. The molecule has 0 radical (unpaired) electrons. The van der Waals surface area contributed by atoms with Crippen LogP contribution in [0.1, 0.15) is 25.0 Å². The molecule has 0 amide bonds.